The molecule has 0 spiro atoms. The predicted octanol–water partition coefficient (Wildman–Crippen LogP) is 2.36. The molecular formula is C16H17F4N3O2. The lowest BCUT2D eigenvalue weighted by Crippen LogP contribution is -2.48. The second-order valence-electron chi connectivity index (χ2n) is 5.77. The third-order valence-corrected chi connectivity index (χ3v) is 3.83. The molecule has 1 aromatic carbocycles. The smallest absolute Gasteiger partial charge is 0.374 e. The molecule has 2 rings (SSSR count). The molecule has 0 fully saturated rings. The molecule has 1 atom stereocenters. The van der Waals surface area contributed by atoms with Crippen molar-refractivity contribution in [1.82, 2.24) is 14.5 Å². The number of benzene rings is 1. The van der Waals surface area contributed by atoms with E-state index in [-0.39, 0.29) is 6.54 Å². The molecule has 136 valence electrons. The number of aliphatic hydroxyl groups is 1. The van der Waals surface area contributed by atoms with Gasteiger partial charge in [-0.1, -0.05) is 12.1 Å². The SMILES string of the molecule is CN(Cc1ccc(F)cc1)C(=O)CC(O)(c1nccn1C)C(F)(F)F. The van der Waals surface area contributed by atoms with Crippen LogP contribution >= 0.6 is 0 Å². The van der Waals surface area contributed by atoms with Gasteiger partial charge < -0.3 is 14.6 Å². The Hall–Kier alpha value is -2.42. The van der Waals surface area contributed by atoms with E-state index in [0.29, 0.717) is 5.56 Å². The Morgan fingerprint density at radius 2 is 1.88 bits per heavy atom. The van der Waals surface area contributed by atoms with Gasteiger partial charge in [0.15, 0.2) is 5.82 Å². The largest absolute Gasteiger partial charge is 0.425 e. The molecule has 0 radical (unpaired) electrons. The number of hydrogen-bond donors (Lipinski definition) is 1. The molecule has 1 unspecified atom stereocenters. The lowest BCUT2D eigenvalue weighted by Gasteiger charge is -2.31. The van der Waals surface area contributed by atoms with Crippen LogP contribution in [0, 0.1) is 5.82 Å². The number of rotatable bonds is 5. The van der Waals surface area contributed by atoms with E-state index in [1.54, 1.807) is 0 Å². The van der Waals surface area contributed by atoms with Gasteiger partial charge in [0.25, 0.3) is 0 Å². The summed E-state index contributed by atoms with van der Waals surface area (Å²) in [5.41, 5.74) is -2.86. The van der Waals surface area contributed by atoms with Crippen molar-refractivity contribution in [1.29, 1.82) is 0 Å². The van der Waals surface area contributed by atoms with E-state index in [4.69, 9.17) is 0 Å². The number of nitrogens with zero attached hydrogens (tertiary/aromatic N) is 3. The van der Waals surface area contributed by atoms with Crippen molar-refractivity contribution in [2.75, 3.05) is 7.05 Å². The molecule has 1 aromatic heterocycles. The van der Waals surface area contributed by atoms with Gasteiger partial charge in [-0.3, -0.25) is 4.79 Å². The van der Waals surface area contributed by atoms with Crippen LogP contribution in [0.3, 0.4) is 0 Å². The van der Waals surface area contributed by atoms with E-state index in [2.05, 4.69) is 4.98 Å². The monoisotopic (exact) mass is 359 g/mol. The fourth-order valence-corrected chi connectivity index (χ4v) is 2.38. The van der Waals surface area contributed by atoms with E-state index in [9.17, 15) is 27.5 Å². The molecule has 0 aliphatic carbocycles. The van der Waals surface area contributed by atoms with E-state index < -0.39 is 35.7 Å². The highest BCUT2D eigenvalue weighted by molar-refractivity contribution is 5.77. The molecule has 9 heteroatoms. The van der Waals surface area contributed by atoms with Crippen molar-refractivity contribution in [3.8, 4) is 0 Å². The Morgan fingerprint density at radius 3 is 2.36 bits per heavy atom. The van der Waals surface area contributed by atoms with Crippen LogP contribution < -0.4 is 0 Å². The number of aryl methyl sites for hydroxylation is 1. The second kappa shape index (κ2) is 6.83. The number of aromatic nitrogens is 2. The summed E-state index contributed by atoms with van der Waals surface area (Å²) in [6.07, 6.45) is -3.94. The van der Waals surface area contributed by atoms with E-state index >= 15 is 0 Å². The maximum Gasteiger partial charge on any atom is 0.425 e. The summed E-state index contributed by atoms with van der Waals surface area (Å²) in [5.74, 6) is -2.05. The van der Waals surface area contributed by atoms with Crippen LogP contribution in [0.25, 0.3) is 0 Å². The van der Waals surface area contributed by atoms with Crippen LogP contribution in [0.2, 0.25) is 0 Å². The first-order chi connectivity index (χ1) is 11.5. The Kier molecular flexibility index (Phi) is 5.17. The second-order valence-corrected chi connectivity index (χ2v) is 5.77. The Labute approximate surface area is 141 Å². The fourth-order valence-electron chi connectivity index (χ4n) is 2.38. The number of halogens is 4. The van der Waals surface area contributed by atoms with Gasteiger partial charge in [0.05, 0.1) is 6.42 Å². The van der Waals surface area contributed by atoms with Gasteiger partial charge >= 0.3 is 6.18 Å². The summed E-state index contributed by atoms with van der Waals surface area (Å²) in [5, 5.41) is 10.2. The van der Waals surface area contributed by atoms with Gasteiger partial charge in [0.2, 0.25) is 11.5 Å². The third kappa shape index (κ3) is 3.98. The molecule has 0 aliphatic rings. The van der Waals surface area contributed by atoms with Crippen molar-refractivity contribution < 1.29 is 27.5 Å². The number of amides is 1. The molecule has 2 aromatic rings. The quantitative estimate of drug-likeness (QED) is 0.834. The molecule has 0 saturated heterocycles. The molecule has 1 amide bonds. The number of carbonyl (C=O) groups is 1. The molecule has 25 heavy (non-hydrogen) atoms. The molecular weight excluding hydrogens is 342 g/mol. The average Bonchev–Trinajstić information content (AvgIpc) is 2.94. The van der Waals surface area contributed by atoms with Crippen molar-refractivity contribution in [3.05, 3.63) is 53.9 Å². The van der Waals surface area contributed by atoms with Gasteiger partial charge in [-0.2, -0.15) is 13.2 Å². The minimum atomic E-state index is -5.08. The highest BCUT2D eigenvalue weighted by Gasteiger charge is 2.58. The molecule has 0 bridgehead atoms. The molecule has 0 aliphatic heterocycles. The van der Waals surface area contributed by atoms with Gasteiger partial charge in [-0.05, 0) is 17.7 Å². The van der Waals surface area contributed by atoms with Crippen molar-refractivity contribution in [2.24, 2.45) is 7.05 Å². The van der Waals surface area contributed by atoms with E-state index in [1.165, 1.54) is 44.6 Å². The Morgan fingerprint density at radius 1 is 1.28 bits per heavy atom. The van der Waals surface area contributed by atoms with Crippen molar-refractivity contribution >= 4 is 5.91 Å². The number of alkyl halides is 3. The summed E-state index contributed by atoms with van der Waals surface area (Å²) in [6.45, 7) is -0.0202. The maximum atomic E-state index is 13.4. The van der Waals surface area contributed by atoms with Crippen LogP contribution in [0.15, 0.2) is 36.7 Å². The maximum absolute atomic E-state index is 13.4. The summed E-state index contributed by atoms with van der Waals surface area (Å²) < 4.78 is 54.2. The number of hydrogen-bond acceptors (Lipinski definition) is 3. The standard InChI is InChI=1S/C16H17F4N3O2/c1-22-8-7-21-14(22)15(25,16(18,19)20)9-13(24)23(2)10-11-3-5-12(17)6-4-11/h3-8,25H,9-10H2,1-2H3. The first kappa shape index (κ1) is 18.9. The normalized spacial score (nSPS) is 14.2. The van der Waals surface area contributed by atoms with E-state index in [0.717, 1.165) is 15.7 Å². The predicted molar refractivity (Wildman–Crippen MR) is 80.7 cm³/mol. The minimum Gasteiger partial charge on any atom is -0.374 e. The third-order valence-electron chi connectivity index (χ3n) is 3.83. The van der Waals surface area contributed by atoms with Gasteiger partial charge in [-0.15, -0.1) is 0 Å². The summed E-state index contributed by atoms with van der Waals surface area (Å²) >= 11 is 0. The van der Waals surface area contributed by atoms with Crippen LogP contribution in [-0.4, -0.2) is 38.7 Å². The highest BCUT2D eigenvalue weighted by atomic mass is 19.4. The summed E-state index contributed by atoms with van der Waals surface area (Å²) in [4.78, 5) is 16.8. The van der Waals surface area contributed by atoms with Crippen LogP contribution in [0.4, 0.5) is 17.6 Å². The lowest BCUT2D eigenvalue weighted by atomic mass is 9.96. The molecule has 5 nitrogen and oxygen atoms in total. The lowest BCUT2D eigenvalue weighted by molar-refractivity contribution is -0.271. The average molecular weight is 359 g/mol. The molecule has 0 saturated carbocycles. The van der Waals surface area contributed by atoms with Gasteiger partial charge in [-0.25, -0.2) is 9.37 Å². The molecule has 1 N–H and O–H groups in total. The zero-order valence-electron chi connectivity index (χ0n) is 13.6. The Balaban J connectivity index is 2.20. The zero-order valence-corrected chi connectivity index (χ0v) is 13.6. The van der Waals surface area contributed by atoms with Gasteiger partial charge in [0, 0.05) is 33.0 Å². The fraction of sp³-hybridized carbons (Fsp3) is 0.375. The van der Waals surface area contributed by atoms with Crippen molar-refractivity contribution in [3.63, 3.8) is 0 Å². The van der Waals surface area contributed by atoms with Crippen LogP contribution in [0.1, 0.15) is 17.8 Å². The number of imidazole rings is 1. The number of carbonyl (C=O) groups excluding carboxylic acids is 1. The van der Waals surface area contributed by atoms with Crippen LogP contribution in [0.5, 0.6) is 0 Å². The van der Waals surface area contributed by atoms with E-state index in [1.807, 2.05) is 0 Å². The summed E-state index contributed by atoms with van der Waals surface area (Å²) in [7, 11) is 2.60. The highest BCUT2D eigenvalue weighted by Crippen LogP contribution is 2.41. The topological polar surface area (TPSA) is 58.4 Å². The Bertz CT molecular complexity index is 743. The summed E-state index contributed by atoms with van der Waals surface area (Å²) in [6, 6.07) is 5.23. The van der Waals surface area contributed by atoms with Crippen LogP contribution in [-0.2, 0) is 24.0 Å². The van der Waals surface area contributed by atoms with Gasteiger partial charge in [0.1, 0.15) is 5.82 Å². The zero-order chi connectivity index (χ0) is 18.8. The first-order valence-corrected chi connectivity index (χ1v) is 7.30. The minimum absolute atomic E-state index is 0.0202. The van der Waals surface area contributed by atoms with Crippen molar-refractivity contribution in [2.45, 2.75) is 24.7 Å². The first-order valence-electron chi connectivity index (χ1n) is 7.30. The molecule has 1 heterocycles.